The Kier molecular flexibility index (Phi) is 5.49. The molecule has 4 nitrogen and oxygen atoms in total. The van der Waals surface area contributed by atoms with E-state index in [-0.39, 0.29) is 21.7 Å². The summed E-state index contributed by atoms with van der Waals surface area (Å²) in [5, 5.41) is 2.82. The van der Waals surface area contributed by atoms with Crippen molar-refractivity contribution in [1.29, 1.82) is 0 Å². The van der Waals surface area contributed by atoms with Crippen LogP contribution in [-0.4, -0.2) is 29.3 Å². The van der Waals surface area contributed by atoms with E-state index in [9.17, 15) is 22.8 Å². The molecule has 0 atom stereocenters. The van der Waals surface area contributed by atoms with Crippen LogP contribution < -0.4 is 10.9 Å². The Bertz CT molecular complexity index is 849. The Balaban J connectivity index is 2.86. The van der Waals surface area contributed by atoms with Crippen LogP contribution in [0.25, 0.3) is 10.9 Å². The lowest BCUT2D eigenvalue weighted by Crippen LogP contribution is -2.22. The third-order valence-electron chi connectivity index (χ3n) is 3.35. The number of hydrogen-bond acceptors (Lipinski definition) is 4. The van der Waals surface area contributed by atoms with Crippen molar-refractivity contribution in [2.45, 2.75) is 13.1 Å². The monoisotopic (exact) mass is 378 g/mol. The molecule has 0 aliphatic rings. The van der Waals surface area contributed by atoms with Crippen LogP contribution in [0.2, 0.25) is 5.02 Å². The molecule has 0 bridgehead atoms. The molecule has 2 aromatic rings. The van der Waals surface area contributed by atoms with Crippen LogP contribution in [0.5, 0.6) is 0 Å². The zero-order chi connectivity index (χ0) is 18.1. The minimum Gasteiger partial charge on any atom is -0.383 e. The first-order valence-corrected chi connectivity index (χ1v) is 8.64. The molecule has 0 fully saturated rings. The molecule has 1 aromatic heterocycles. The van der Waals surface area contributed by atoms with E-state index in [4.69, 9.17) is 11.6 Å². The molecular weight excluding hydrogens is 365 g/mol. The number of anilines is 1. The van der Waals surface area contributed by atoms with Gasteiger partial charge in [-0.05, 0) is 25.3 Å². The lowest BCUT2D eigenvalue weighted by Gasteiger charge is -2.16. The van der Waals surface area contributed by atoms with Gasteiger partial charge in [0.25, 0.3) is 5.56 Å². The van der Waals surface area contributed by atoms with Gasteiger partial charge in [0.1, 0.15) is 5.56 Å². The van der Waals surface area contributed by atoms with Crippen LogP contribution in [0.4, 0.5) is 18.9 Å². The van der Waals surface area contributed by atoms with Gasteiger partial charge < -0.3 is 10.3 Å². The number of H-pyrrole nitrogens is 1. The lowest BCUT2D eigenvalue weighted by molar-refractivity contribution is -0.136. The van der Waals surface area contributed by atoms with Gasteiger partial charge in [0, 0.05) is 22.7 Å². The van der Waals surface area contributed by atoms with Crippen molar-refractivity contribution < 1.29 is 18.0 Å². The number of halogens is 4. The van der Waals surface area contributed by atoms with Gasteiger partial charge in [-0.25, -0.2) is 0 Å². The predicted molar refractivity (Wildman–Crippen MR) is 91.5 cm³/mol. The second kappa shape index (κ2) is 7.06. The summed E-state index contributed by atoms with van der Waals surface area (Å²) in [6.07, 6.45) is -2.83. The number of alkyl halides is 3. The molecule has 0 saturated heterocycles. The fourth-order valence-electron chi connectivity index (χ4n) is 2.38. The number of aromatic nitrogens is 1. The number of hydrogen-bond donors (Lipinski definition) is 2. The van der Waals surface area contributed by atoms with Gasteiger partial charge in [-0.3, -0.25) is 9.59 Å². The molecule has 0 spiro atoms. The number of rotatable bonds is 5. The first kappa shape index (κ1) is 18.7. The predicted octanol–water partition coefficient (Wildman–Crippen LogP) is 4.18. The quantitative estimate of drug-likeness (QED) is 0.605. The van der Waals surface area contributed by atoms with Crippen molar-refractivity contribution >= 4 is 45.7 Å². The summed E-state index contributed by atoms with van der Waals surface area (Å²) in [7, 11) is 0. The highest BCUT2D eigenvalue weighted by Gasteiger charge is 2.34. The number of ketones is 1. The Morgan fingerprint density at radius 3 is 2.58 bits per heavy atom. The number of aromatic amines is 1. The Labute approximate surface area is 144 Å². The van der Waals surface area contributed by atoms with Gasteiger partial charge in [-0.15, -0.1) is 0 Å². The molecule has 0 amide bonds. The largest absolute Gasteiger partial charge is 0.418 e. The molecule has 24 heavy (non-hydrogen) atoms. The molecule has 0 radical (unpaired) electrons. The minimum absolute atomic E-state index is 0.0562. The highest BCUT2D eigenvalue weighted by atomic mass is 35.5. The number of carbonyl (C=O) groups is 1. The summed E-state index contributed by atoms with van der Waals surface area (Å²) in [4.78, 5) is 26.2. The van der Waals surface area contributed by atoms with Crippen molar-refractivity contribution in [3.63, 3.8) is 0 Å². The van der Waals surface area contributed by atoms with E-state index in [1.807, 2.05) is 6.26 Å². The van der Waals surface area contributed by atoms with E-state index in [0.29, 0.717) is 12.3 Å². The highest BCUT2D eigenvalue weighted by Crippen LogP contribution is 2.38. The average molecular weight is 379 g/mol. The first-order chi connectivity index (χ1) is 11.2. The van der Waals surface area contributed by atoms with E-state index in [2.05, 4.69) is 10.3 Å². The standard InChI is InChI=1S/C15H14ClF3N2O2S/c1-7(22)11-13(20-3-4-24-2)9-5-8(16)6-10(15(17,18)19)12(9)21-14(11)23/h5-6H,3-4H2,1-2H3,(H2,20,21,23). The zero-order valence-electron chi connectivity index (χ0n) is 12.8. The van der Waals surface area contributed by atoms with Gasteiger partial charge in [-0.2, -0.15) is 24.9 Å². The molecule has 0 saturated carbocycles. The number of benzene rings is 1. The third kappa shape index (κ3) is 3.70. The topological polar surface area (TPSA) is 62.0 Å². The molecule has 9 heteroatoms. The van der Waals surface area contributed by atoms with E-state index in [1.54, 1.807) is 0 Å². The van der Waals surface area contributed by atoms with Crippen molar-refractivity contribution in [3.8, 4) is 0 Å². The van der Waals surface area contributed by atoms with Crippen LogP contribution in [0, 0.1) is 0 Å². The van der Waals surface area contributed by atoms with E-state index < -0.39 is 28.6 Å². The van der Waals surface area contributed by atoms with Gasteiger partial charge in [0.15, 0.2) is 5.78 Å². The number of pyridine rings is 1. The van der Waals surface area contributed by atoms with Crippen LogP contribution in [0.3, 0.4) is 0 Å². The van der Waals surface area contributed by atoms with Crippen molar-refractivity contribution in [2.24, 2.45) is 0 Å². The second-order valence-corrected chi connectivity index (χ2v) is 6.48. The maximum atomic E-state index is 13.3. The summed E-state index contributed by atoms with van der Waals surface area (Å²) in [5.74, 6) is 0.108. The molecule has 1 heterocycles. The summed E-state index contributed by atoms with van der Waals surface area (Å²) in [6, 6.07) is 2.05. The molecule has 2 N–H and O–H groups in total. The van der Waals surface area contributed by atoms with Crippen LogP contribution in [0.1, 0.15) is 22.8 Å². The maximum absolute atomic E-state index is 13.3. The lowest BCUT2D eigenvalue weighted by atomic mass is 10.0. The second-order valence-electron chi connectivity index (χ2n) is 5.05. The van der Waals surface area contributed by atoms with Gasteiger partial charge in [0.2, 0.25) is 0 Å². The summed E-state index contributed by atoms with van der Waals surface area (Å²) < 4.78 is 39.8. The molecule has 130 valence electrons. The Morgan fingerprint density at radius 1 is 1.38 bits per heavy atom. The Hall–Kier alpha value is -1.67. The van der Waals surface area contributed by atoms with Crippen molar-refractivity contribution in [3.05, 3.63) is 38.6 Å². The Morgan fingerprint density at radius 2 is 2.04 bits per heavy atom. The fourth-order valence-corrected chi connectivity index (χ4v) is 2.91. The molecule has 1 aromatic carbocycles. The van der Waals surface area contributed by atoms with Crippen molar-refractivity contribution in [1.82, 2.24) is 4.98 Å². The van der Waals surface area contributed by atoms with Crippen LogP contribution >= 0.6 is 23.4 Å². The number of thioether (sulfide) groups is 1. The van der Waals surface area contributed by atoms with Gasteiger partial charge in [-0.1, -0.05) is 11.6 Å². The smallest absolute Gasteiger partial charge is 0.383 e. The first-order valence-electron chi connectivity index (χ1n) is 6.87. The zero-order valence-corrected chi connectivity index (χ0v) is 14.4. The highest BCUT2D eigenvalue weighted by molar-refractivity contribution is 7.98. The number of nitrogens with one attached hydrogen (secondary N) is 2. The number of Topliss-reactive ketones (excluding diaryl/α,β-unsaturated/α-hetero) is 1. The maximum Gasteiger partial charge on any atom is 0.418 e. The SMILES string of the molecule is CSCCNc1c(C(C)=O)c(=O)[nH]c2c(C(F)(F)F)cc(Cl)cc12. The van der Waals surface area contributed by atoms with Crippen LogP contribution in [-0.2, 0) is 6.18 Å². The van der Waals surface area contributed by atoms with E-state index in [0.717, 1.165) is 6.07 Å². The number of fused-ring (bicyclic) bond motifs is 1. The van der Waals surface area contributed by atoms with Crippen LogP contribution in [0.15, 0.2) is 16.9 Å². The van der Waals surface area contributed by atoms with E-state index in [1.165, 1.54) is 24.8 Å². The minimum atomic E-state index is -4.69. The third-order valence-corrected chi connectivity index (χ3v) is 4.18. The van der Waals surface area contributed by atoms with E-state index >= 15 is 0 Å². The van der Waals surface area contributed by atoms with Gasteiger partial charge >= 0.3 is 6.18 Å². The molecular formula is C15H14ClF3N2O2S. The average Bonchev–Trinajstić information content (AvgIpc) is 2.45. The van der Waals surface area contributed by atoms with Crippen molar-refractivity contribution in [2.75, 3.05) is 23.9 Å². The molecule has 0 aliphatic heterocycles. The summed E-state index contributed by atoms with van der Waals surface area (Å²) in [6.45, 7) is 1.57. The normalized spacial score (nSPS) is 11.8. The summed E-state index contributed by atoms with van der Waals surface area (Å²) >= 11 is 7.34. The molecule has 2 rings (SSSR count). The molecule has 0 unspecified atom stereocenters. The van der Waals surface area contributed by atoms with Gasteiger partial charge in [0.05, 0.1) is 16.8 Å². The molecule has 0 aliphatic carbocycles. The number of carbonyl (C=O) groups excluding carboxylic acids is 1. The summed E-state index contributed by atoms with van der Waals surface area (Å²) in [5.41, 5.74) is -2.45. The fraction of sp³-hybridized carbons (Fsp3) is 0.333.